The molecule has 0 amide bonds. The van der Waals surface area contributed by atoms with Crippen LogP contribution in [0.4, 0.5) is 5.69 Å². The molecule has 2 nitrogen and oxygen atoms in total. The Balaban J connectivity index is 2.13. The molecule has 1 heterocycles. The second-order valence-corrected chi connectivity index (χ2v) is 6.33. The third-order valence-electron chi connectivity index (χ3n) is 3.41. The third kappa shape index (κ3) is 3.58. The number of benzene rings is 1. The van der Waals surface area contributed by atoms with Crippen molar-refractivity contribution in [3.05, 3.63) is 27.8 Å². The average Bonchev–Trinajstić information content (AvgIpc) is 2.54. The molecule has 1 aliphatic rings. The summed E-state index contributed by atoms with van der Waals surface area (Å²) < 4.78 is 1.32. The van der Waals surface area contributed by atoms with Gasteiger partial charge in [0.25, 0.3) is 0 Å². The molecule has 1 aliphatic heterocycles. The molecule has 3 heteroatoms. The Morgan fingerprint density at radius 1 is 1.41 bits per heavy atom. The Morgan fingerprint density at radius 2 is 2.24 bits per heavy atom. The first-order valence-corrected chi connectivity index (χ1v) is 7.48. The van der Waals surface area contributed by atoms with Gasteiger partial charge in [-0.3, -0.25) is 0 Å². The van der Waals surface area contributed by atoms with Gasteiger partial charge in [0.1, 0.15) is 0 Å². The van der Waals surface area contributed by atoms with Crippen LogP contribution in [0.25, 0.3) is 0 Å². The molecule has 1 unspecified atom stereocenters. The van der Waals surface area contributed by atoms with Crippen LogP contribution in [0.1, 0.15) is 20.3 Å². The van der Waals surface area contributed by atoms with E-state index in [0.717, 1.165) is 19.6 Å². The molecule has 0 spiro atoms. The normalized spacial score (nSPS) is 21.6. The van der Waals surface area contributed by atoms with Gasteiger partial charge in [0, 0.05) is 28.4 Å². The van der Waals surface area contributed by atoms with Crippen molar-refractivity contribution in [2.75, 3.05) is 24.5 Å². The zero-order valence-corrected chi connectivity index (χ0v) is 12.8. The highest BCUT2D eigenvalue weighted by atomic mass is 127. The lowest BCUT2D eigenvalue weighted by Crippen LogP contribution is -2.41. The highest BCUT2D eigenvalue weighted by Crippen LogP contribution is 2.20. The number of rotatable bonds is 2. The number of nitrogens with zero attached hydrogens (tertiary/aromatic N) is 1. The van der Waals surface area contributed by atoms with Crippen LogP contribution in [-0.2, 0) is 0 Å². The summed E-state index contributed by atoms with van der Waals surface area (Å²) in [6, 6.07) is 9.42. The van der Waals surface area contributed by atoms with E-state index in [0.29, 0.717) is 12.0 Å². The van der Waals surface area contributed by atoms with Crippen LogP contribution >= 0.6 is 22.6 Å². The summed E-state index contributed by atoms with van der Waals surface area (Å²) in [4.78, 5) is 2.52. The van der Waals surface area contributed by atoms with Crippen molar-refractivity contribution < 1.29 is 0 Å². The standard InChI is InChI=1S/C14H21IN2/c1-11(2)14-10-17(8-4-7-16-14)13-6-3-5-12(15)9-13/h3,5-6,9,11,14,16H,4,7-8,10H2,1-2H3. The molecular weight excluding hydrogens is 323 g/mol. The maximum absolute atomic E-state index is 3.65. The third-order valence-corrected chi connectivity index (χ3v) is 4.08. The average molecular weight is 344 g/mol. The topological polar surface area (TPSA) is 15.3 Å². The molecule has 1 atom stereocenters. The molecule has 0 saturated carbocycles. The minimum absolute atomic E-state index is 0.607. The fourth-order valence-electron chi connectivity index (χ4n) is 2.30. The van der Waals surface area contributed by atoms with Crippen LogP contribution in [-0.4, -0.2) is 25.7 Å². The molecule has 0 radical (unpaired) electrons. The Bertz CT molecular complexity index is 365. The van der Waals surface area contributed by atoms with Gasteiger partial charge in [-0.05, 0) is 59.7 Å². The van der Waals surface area contributed by atoms with E-state index in [1.165, 1.54) is 15.7 Å². The first-order chi connectivity index (χ1) is 8.16. The summed E-state index contributed by atoms with van der Waals surface area (Å²) in [5.41, 5.74) is 1.37. The quantitative estimate of drug-likeness (QED) is 0.830. The molecule has 1 N–H and O–H groups in total. The van der Waals surface area contributed by atoms with Crippen molar-refractivity contribution in [1.82, 2.24) is 5.32 Å². The molecule has 0 aromatic heterocycles. The van der Waals surface area contributed by atoms with Gasteiger partial charge >= 0.3 is 0 Å². The maximum atomic E-state index is 3.65. The molecule has 17 heavy (non-hydrogen) atoms. The van der Waals surface area contributed by atoms with Crippen molar-refractivity contribution >= 4 is 28.3 Å². The van der Waals surface area contributed by atoms with Gasteiger partial charge in [-0.1, -0.05) is 19.9 Å². The second-order valence-electron chi connectivity index (χ2n) is 5.08. The van der Waals surface area contributed by atoms with Crippen molar-refractivity contribution in [2.24, 2.45) is 5.92 Å². The summed E-state index contributed by atoms with van der Waals surface area (Å²) in [6.07, 6.45) is 1.23. The van der Waals surface area contributed by atoms with Gasteiger partial charge in [0.15, 0.2) is 0 Å². The molecule has 0 bridgehead atoms. The number of hydrogen-bond acceptors (Lipinski definition) is 2. The van der Waals surface area contributed by atoms with Crippen molar-refractivity contribution in [1.29, 1.82) is 0 Å². The Morgan fingerprint density at radius 3 is 2.94 bits per heavy atom. The lowest BCUT2D eigenvalue weighted by Gasteiger charge is -2.28. The summed E-state index contributed by atoms with van der Waals surface area (Å²) in [5, 5.41) is 3.65. The van der Waals surface area contributed by atoms with Gasteiger partial charge in [-0.25, -0.2) is 0 Å². The largest absolute Gasteiger partial charge is 0.370 e. The summed E-state index contributed by atoms with van der Waals surface area (Å²) in [7, 11) is 0. The minimum atomic E-state index is 0.607. The second kappa shape index (κ2) is 6.05. The van der Waals surface area contributed by atoms with E-state index in [-0.39, 0.29) is 0 Å². The summed E-state index contributed by atoms with van der Waals surface area (Å²) >= 11 is 2.39. The van der Waals surface area contributed by atoms with E-state index < -0.39 is 0 Å². The number of halogens is 1. The maximum Gasteiger partial charge on any atom is 0.0377 e. The Labute approximate surface area is 118 Å². The molecule has 94 valence electrons. The molecule has 0 aliphatic carbocycles. The highest BCUT2D eigenvalue weighted by Gasteiger charge is 2.20. The van der Waals surface area contributed by atoms with E-state index >= 15 is 0 Å². The fraction of sp³-hybridized carbons (Fsp3) is 0.571. The van der Waals surface area contributed by atoms with Gasteiger partial charge in [0.2, 0.25) is 0 Å². The summed E-state index contributed by atoms with van der Waals surface area (Å²) in [5.74, 6) is 0.693. The smallest absolute Gasteiger partial charge is 0.0377 e. The minimum Gasteiger partial charge on any atom is -0.370 e. The van der Waals surface area contributed by atoms with E-state index in [9.17, 15) is 0 Å². The SMILES string of the molecule is CC(C)C1CN(c2cccc(I)c2)CCCN1. The van der Waals surface area contributed by atoms with E-state index in [2.05, 4.69) is 70.9 Å². The fourth-order valence-corrected chi connectivity index (χ4v) is 2.83. The highest BCUT2D eigenvalue weighted by molar-refractivity contribution is 14.1. The van der Waals surface area contributed by atoms with E-state index in [1.807, 2.05) is 0 Å². The molecule has 1 fully saturated rings. The van der Waals surface area contributed by atoms with Gasteiger partial charge in [-0.15, -0.1) is 0 Å². The van der Waals surface area contributed by atoms with Crippen LogP contribution in [0, 0.1) is 9.49 Å². The van der Waals surface area contributed by atoms with E-state index in [4.69, 9.17) is 0 Å². The predicted molar refractivity (Wildman–Crippen MR) is 82.6 cm³/mol. The van der Waals surface area contributed by atoms with Gasteiger partial charge < -0.3 is 10.2 Å². The Kier molecular flexibility index (Phi) is 4.68. The van der Waals surface area contributed by atoms with Crippen LogP contribution < -0.4 is 10.2 Å². The predicted octanol–water partition coefficient (Wildman–Crippen LogP) is 3.12. The van der Waals surface area contributed by atoms with Crippen LogP contribution in [0.3, 0.4) is 0 Å². The first-order valence-electron chi connectivity index (χ1n) is 6.40. The Hall–Kier alpha value is -0.290. The number of anilines is 1. The molecule has 1 aromatic rings. The van der Waals surface area contributed by atoms with Gasteiger partial charge in [-0.2, -0.15) is 0 Å². The summed E-state index contributed by atoms with van der Waals surface area (Å²) in [6.45, 7) is 8.03. The zero-order chi connectivity index (χ0) is 12.3. The van der Waals surface area contributed by atoms with Gasteiger partial charge in [0.05, 0.1) is 0 Å². The lowest BCUT2D eigenvalue weighted by atomic mass is 10.0. The number of nitrogens with one attached hydrogen (secondary N) is 1. The van der Waals surface area contributed by atoms with E-state index in [1.54, 1.807) is 0 Å². The molecule has 1 aromatic carbocycles. The van der Waals surface area contributed by atoms with Crippen LogP contribution in [0.2, 0.25) is 0 Å². The molecule has 1 saturated heterocycles. The van der Waals surface area contributed by atoms with Crippen molar-refractivity contribution in [3.63, 3.8) is 0 Å². The van der Waals surface area contributed by atoms with Crippen LogP contribution in [0.15, 0.2) is 24.3 Å². The zero-order valence-electron chi connectivity index (χ0n) is 10.6. The molecule has 2 rings (SSSR count). The van der Waals surface area contributed by atoms with Crippen molar-refractivity contribution in [3.8, 4) is 0 Å². The lowest BCUT2D eigenvalue weighted by molar-refractivity contribution is 0.420. The first kappa shape index (κ1) is 13.1. The van der Waals surface area contributed by atoms with Crippen molar-refractivity contribution in [2.45, 2.75) is 26.3 Å². The van der Waals surface area contributed by atoms with Crippen LogP contribution in [0.5, 0.6) is 0 Å². The molecular formula is C14H21IN2. The monoisotopic (exact) mass is 344 g/mol. The number of hydrogen-bond donors (Lipinski definition) is 1.